The Morgan fingerprint density at radius 2 is 1.74 bits per heavy atom. The molecule has 34 heavy (non-hydrogen) atoms. The van der Waals surface area contributed by atoms with Gasteiger partial charge in [-0.1, -0.05) is 67.8 Å². The van der Waals surface area contributed by atoms with Gasteiger partial charge in [-0.05, 0) is 43.9 Å². The molecule has 1 N–H and O–H groups in total. The Kier molecular flexibility index (Phi) is 8.72. The lowest BCUT2D eigenvalue weighted by Crippen LogP contribution is -2.53. The maximum atomic E-state index is 13.6. The largest absolute Gasteiger partial charge is 0.352 e. The van der Waals surface area contributed by atoms with Crippen LogP contribution in [0.3, 0.4) is 0 Å². The molecule has 1 aliphatic carbocycles. The highest BCUT2D eigenvalue weighted by Crippen LogP contribution is 2.21. The van der Waals surface area contributed by atoms with Crippen LogP contribution in [0.1, 0.15) is 50.2 Å². The minimum atomic E-state index is -3.71. The molecule has 0 aliphatic heterocycles. The average molecular weight is 486 g/mol. The average Bonchev–Trinajstić information content (AvgIpc) is 3.30. The summed E-state index contributed by atoms with van der Waals surface area (Å²) in [5.41, 5.74) is 2.36. The molecule has 2 amide bonds. The lowest BCUT2D eigenvalue weighted by Gasteiger charge is -2.33. The third-order valence-corrected chi connectivity index (χ3v) is 7.39. The van der Waals surface area contributed by atoms with E-state index in [1.165, 1.54) is 4.90 Å². The van der Waals surface area contributed by atoms with Gasteiger partial charge in [0, 0.05) is 12.6 Å². The first-order valence-corrected chi connectivity index (χ1v) is 13.7. The Morgan fingerprint density at radius 3 is 2.32 bits per heavy atom. The van der Waals surface area contributed by atoms with Crippen molar-refractivity contribution in [2.24, 2.45) is 0 Å². The number of anilines is 1. The molecule has 0 heterocycles. The van der Waals surface area contributed by atoms with Crippen LogP contribution in [-0.4, -0.2) is 50.0 Å². The van der Waals surface area contributed by atoms with E-state index in [0.29, 0.717) is 12.1 Å². The lowest BCUT2D eigenvalue weighted by atomic mass is 10.1. The van der Waals surface area contributed by atoms with Crippen molar-refractivity contribution >= 4 is 27.5 Å². The topological polar surface area (TPSA) is 86.8 Å². The first kappa shape index (κ1) is 25.7. The van der Waals surface area contributed by atoms with E-state index >= 15 is 0 Å². The summed E-state index contributed by atoms with van der Waals surface area (Å²) in [5.74, 6) is -0.592. The third-order valence-electron chi connectivity index (χ3n) is 6.25. The van der Waals surface area contributed by atoms with Crippen LogP contribution < -0.4 is 9.62 Å². The molecule has 7 nitrogen and oxygen atoms in total. The Morgan fingerprint density at radius 1 is 1.06 bits per heavy atom. The Hall–Kier alpha value is -2.87. The molecule has 0 aromatic heterocycles. The standard InChI is InChI=1S/C26H35N3O4S/c1-4-24(26(31)27-22-13-8-9-14-22)28(18-21-12-10-11-20(2)17-21)25(30)19-29(34(3,32)33)23-15-6-5-7-16-23/h5-7,10-12,15-17,22,24H,4,8-9,13-14,18-19H2,1-3H3,(H,27,31)/t24-/m0/s1. The highest BCUT2D eigenvalue weighted by molar-refractivity contribution is 7.92. The number of nitrogens with one attached hydrogen (secondary N) is 1. The number of hydrogen-bond acceptors (Lipinski definition) is 4. The van der Waals surface area contributed by atoms with E-state index in [9.17, 15) is 18.0 Å². The number of carbonyl (C=O) groups is 2. The highest BCUT2D eigenvalue weighted by Gasteiger charge is 2.32. The summed E-state index contributed by atoms with van der Waals surface area (Å²) in [4.78, 5) is 28.4. The predicted molar refractivity (Wildman–Crippen MR) is 135 cm³/mol. The first-order valence-electron chi connectivity index (χ1n) is 11.9. The zero-order chi connectivity index (χ0) is 24.7. The Labute approximate surface area is 203 Å². The summed E-state index contributed by atoms with van der Waals surface area (Å²) in [7, 11) is -3.71. The molecule has 8 heteroatoms. The summed E-state index contributed by atoms with van der Waals surface area (Å²) in [6.07, 6.45) is 5.60. The summed E-state index contributed by atoms with van der Waals surface area (Å²) in [5, 5.41) is 3.11. The van der Waals surface area contributed by atoms with Crippen LogP contribution in [0.4, 0.5) is 5.69 Å². The minimum absolute atomic E-state index is 0.134. The van der Waals surface area contributed by atoms with Crippen LogP contribution in [0.2, 0.25) is 0 Å². The molecular weight excluding hydrogens is 450 g/mol. The number of aryl methyl sites for hydroxylation is 1. The van der Waals surface area contributed by atoms with Crippen LogP contribution in [0.15, 0.2) is 54.6 Å². The number of nitrogens with zero attached hydrogens (tertiary/aromatic N) is 2. The number of para-hydroxylation sites is 1. The molecule has 0 radical (unpaired) electrons. The number of rotatable bonds is 10. The molecule has 1 atom stereocenters. The molecule has 1 saturated carbocycles. The zero-order valence-electron chi connectivity index (χ0n) is 20.2. The van der Waals surface area contributed by atoms with E-state index < -0.39 is 22.0 Å². The SMILES string of the molecule is CC[C@@H](C(=O)NC1CCCC1)N(Cc1cccc(C)c1)C(=O)CN(c1ccccc1)S(C)(=O)=O. The maximum absolute atomic E-state index is 13.6. The van der Waals surface area contributed by atoms with Gasteiger partial charge in [0.1, 0.15) is 12.6 Å². The smallest absolute Gasteiger partial charge is 0.244 e. The van der Waals surface area contributed by atoms with Crippen molar-refractivity contribution in [3.63, 3.8) is 0 Å². The fraction of sp³-hybridized carbons (Fsp3) is 0.462. The van der Waals surface area contributed by atoms with Crippen molar-refractivity contribution in [1.82, 2.24) is 10.2 Å². The van der Waals surface area contributed by atoms with Gasteiger partial charge in [-0.3, -0.25) is 13.9 Å². The summed E-state index contributed by atoms with van der Waals surface area (Å²) >= 11 is 0. The number of sulfonamides is 1. The molecule has 1 aliphatic rings. The molecule has 0 bridgehead atoms. The van der Waals surface area contributed by atoms with Crippen LogP contribution in [0, 0.1) is 6.92 Å². The van der Waals surface area contributed by atoms with E-state index in [1.54, 1.807) is 30.3 Å². The van der Waals surface area contributed by atoms with E-state index in [-0.39, 0.29) is 25.0 Å². The van der Waals surface area contributed by atoms with Crippen LogP contribution in [-0.2, 0) is 26.2 Å². The predicted octanol–water partition coefficient (Wildman–Crippen LogP) is 3.63. The van der Waals surface area contributed by atoms with Gasteiger partial charge in [0.25, 0.3) is 0 Å². The Bertz CT molecular complexity index is 1080. The monoisotopic (exact) mass is 485 g/mol. The highest BCUT2D eigenvalue weighted by atomic mass is 32.2. The second kappa shape index (κ2) is 11.5. The van der Waals surface area contributed by atoms with E-state index in [4.69, 9.17) is 0 Å². The van der Waals surface area contributed by atoms with Crippen LogP contribution in [0.5, 0.6) is 0 Å². The quantitative estimate of drug-likeness (QED) is 0.557. The van der Waals surface area contributed by atoms with Gasteiger partial charge in [0.2, 0.25) is 21.8 Å². The zero-order valence-corrected chi connectivity index (χ0v) is 21.1. The van der Waals surface area contributed by atoms with Crippen molar-refractivity contribution in [2.45, 2.75) is 64.6 Å². The van der Waals surface area contributed by atoms with Crippen molar-refractivity contribution in [2.75, 3.05) is 17.1 Å². The second-order valence-corrected chi connectivity index (χ2v) is 10.9. The van der Waals surface area contributed by atoms with Crippen molar-refractivity contribution in [3.8, 4) is 0 Å². The molecule has 0 saturated heterocycles. The summed E-state index contributed by atoms with van der Waals surface area (Å²) in [6.45, 7) is 3.70. The number of carbonyl (C=O) groups excluding carboxylic acids is 2. The van der Waals surface area contributed by atoms with Crippen LogP contribution in [0.25, 0.3) is 0 Å². The second-order valence-electron chi connectivity index (χ2n) is 9.03. The van der Waals surface area contributed by atoms with Gasteiger partial charge in [-0.25, -0.2) is 8.42 Å². The lowest BCUT2D eigenvalue weighted by molar-refractivity contribution is -0.140. The molecule has 2 aromatic rings. The van der Waals surface area contributed by atoms with Gasteiger partial charge in [0.05, 0.1) is 11.9 Å². The number of hydrogen-bond donors (Lipinski definition) is 1. The maximum Gasteiger partial charge on any atom is 0.244 e. The molecule has 184 valence electrons. The molecule has 1 fully saturated rings. The van der Waals surface area contributed by atoms with Gasteiger partial charge < -0.3 is 10.2 Å². The normalized spacial score (nSPS) is 15.0. The molecule has 2 aromatic carbocycles. The molecular formula is C26H35N3O4S. The van der Waals surface area contributed by atoms with Gasteiger partial charge in [0.15, 0.2) is 0 Å². The fourth-order valence-electron chi connectivity index (χ4n) is 4.50. The fourth-order valence-corrected chi connectivity index (χ4v) is 5.35. The van der Waals surface area contributed by atoms with E-state index in [0.717, 1.165) is 47.4 Å². The molecule has 0 spiro atoms. The van der Waals surface area contributed by atoms with E-state index in [1.807, 2.05) is 38.1 Å². The van der Waals surface area contributed by atoms with Gasteiger partial charge in [-0.2, -0.15) is 0 Å². The third kappa shape index (κ3) is 6.82. The Balaban J connectivity index is 1.90. The van der Waals surface area contributed by atoms with Crippen molar-refractivity contribution in [3.05, 3.63) is 65.7 Å². The van der Waals surface area contributed by atoms with Gasteiger partial charge >= 0.3 is 0 Å². The summed E-state index contributed by atoms with van der Waals surface area (Å²) < 4.78 is 26.2. The minimum Gasteiger partial charge on any atom is -0.352 e. The molecule has 0 unspecified atom stereocenters. The van der Waals surface area contributed by atoms with Crippen molar-refractivity contribution in [1.29, 1.82) is 0 Å². The van der Waals surface area contributed by atoms with Gasteiger partial charge in [-0.15, -0.1) is 0 Å². The van der Waals surface area contributed by atoms with Crippen LogP contribution >= 0.6 is 0 Å². The number of benzene rings is 2. The molecule has 3 rings (SSSR count). The summed E-state index contributed by atoms with van der Waals surface area (Å²) in [6, 6.07) is 15.8. The number of amides is 2. The first-order chi connectivity index (χ1) is 16.2. The van der Waals surface area contributed by atoms with E-state index in [2.05, 4.69) is 5.32 Å². The van der Waals surface area contributed by atoms with Crippen molar-refractivity contribution < 1.29 is 18.0 Å².